The Bertz CT molecular complexity index is 602. The summed E-state index contributed by atoms with van der Waals surface area (Å²) in [7, 11) is 0. The van der Waals surface area contributed by atoms with Crippen molar-refractivity contribution in [3.8, 4) is 0 Å². The van der Waals surface area contributed by atoms with Crippen molar-refractivity contribution in [2.75, 3.05) is 0 Å². The molecule has 1 aromatic carbocycles. The molecule has 102 valence electrons. The lowest BCUT2D eigenvalue weighted by Gasteiger charge is -2.14. The fourth-order valence-corrected chi connectivity index (χ4v) is 2.34. The number of carbonyl (C=O) groups excluding carboxylic acids is 1. The number of carbonyl (C=O) groups is 1. The number of benzene rings is 1. The second kappa shape index (κ2) is 5.36. The molecular weight excluding hydrogens is 257 g/mol. The minimum atomic E-state index is -0.256. The number of amides is 1. The summed E-state index contributed by atoms with van der Waals surface area (Å²) >= 11 is 0. The van der Waals surface area contributed by atoms with E-state index in [1.807, 2.05) is 0 Å². The van der Waals surface area contributed by atoms with Crippen molar-refractivity contribution in [2.45, 2.75) is 25.9 Å². The zero-order valence-electron chi connectivity index (χ0n) is 10.9. The smallest absolute Gasteiger partial charge is 0.223 e. The molecule has 1 aliphatic rings. The van der Waals surface area contributed by atoms with Crippen LogP contribution in [0.3, 0.4) is 0 Å². The van der Waals surface area contributed by atoms with Gasteiger partial charge in [-0.25, -0.2) is 14.4 Å². The molecule has 2 heterocycles. The Morgan fingerprint density at radius 1 is 1.25 bits per heavy atom. The maximum Gasteiger partial charge on any atom is 0.223 e. The van der Waals surface area contributed by atoms with Crippen LogP contribution < -0.4 is 0 Å². The summed E-state index contributed by atoms with van der Waals surface area (Å²) in [6.07, 6.45) is 4.31. The first-order valence-electron chi connectivity index (χ1n) is 6.52. The monoisotopic (exact) mass is 271 g/mol. The molecule has 0 radical (unpaired) electrons. The average Bonchev–Trinajstić information content (AvgIpc) is 2.90. The Kier molecular flexibility index (Phi) is 3.41. The van der Waals surface area contributed by atoms with Gasteiger partial charge in [0.05, 0.1) is 12.2 Å². The average molecular weight is 271 g/mol. The SMILES string of the molecule is O=C(CCc1ccc(F)cc1)N1Cc2cncnc2C1. The van der Waals surface area contributed by atoms with Crippen LogP contribution in [0, 0.1) is 5.82 Å². The minimum Gasteiger partial charge on any atom is -0.332 e. The van der Waals surface area contributed by atoms with Crippen LogP contribution in [0.4, 0.5) is 4.39 Å². The van der Waals surface area contributed by atoms with Gasteiger partial charge >= 0.3 is 0 Å². The molecule has 0 saturated carbocycles. The summed E-state index contributed by atoms with van der Waals surface area (Å²) in [5.74, 6) is -0.166. The van der Waals surface area contributed by atoms with Crippen LogP contribution in [0.5, 0.6) is 0 Å². The molecule has 5 heteroatoms. The van der Waals surface area contributed by atoms with E-state index >= 15 is 0 Å². The van der Waals surface area contributed by atoms with Crippen LogP contribution in [-0.4, -0.2) is 20.8 Å². The van der Waals surface area contributed by atoms with Gasteiger partial charge in [0, 0.05) is 24.7 Å². The molecule has 1 amide bonds. The number of aryl methyl sites for hydroxylation is 1. The van der Waals surface area contributed by atoms with Gasteiger partial charge in [-0.05, 0) is 24.1 Å². The number of hydrogen-bond acceptors (Lipinski definition) is 3. The molecule has 0 saturated heterocycles. The van der Waals surface area contributed by atoms with Crippen molar-refractivity contribution >= 4 is 5.91 Å². The highest BCUT2D eigenvalue weighted by Crippen LogP contribution is 2.20. The van der Waals surface area contributed by atoms with Crippen molar-refractivity contribution < 1.29 is 9.18 Å². The van der Waals surface area contributed by atoms with Crippen molar-refractivity contribution in [1.29, 1.82) is 0 Å². The highest BCUT2D eigenvalue weighted by molar-refractivity contribution is 5.77. The van der Waals surface area contributed by atoms with Crippen molar-refractivity contribution in [3.63, 3.8) is 0 Å². The van der Waals surface area contributed by atoms with Gasteiger partial charge in [0.25, 0.3) is 0 Å². The Labute approximate surface area is 116 Å². The minimum absolute atomic E-state index is 0.0901. The maximum absolute atomic E-state index is 12.8. The summed E-state index contributed by atoms with van der Waals surface area (Å²) in [6, 6.07) is 6.27. The molecule has 0 fully saturated rings. The van der Waals surface area contributed by atoms with Gasteiger partial charge in [-0.15, -0.1) is 0 Å². The molecular formula is C15H14FN3O. The quantitative estimate of drug-likeness (QED) is 0.858. The summed E-state index contributed by atoms with van der Waals surface area (Å²) in [5.41, 5.74) is 2.91. The van der Waals surface area contributed by atoms with E-state index in [0.717, 1.165) is 16.8 Å². The van der Waals surface area contributed by atoms with E-state index in [2.05, 4.69) is 9.97 Å². The highest BCUT2D eigenvalue weighted by atomic mass is 19.1. The fourth-order valence-electron chi connectivity index (χ4n) is 2.34. The lowest BCUT2D eigenvalue weighted by atomic mass is 10.1. The molecule has 20 heavy (non-hydrogen) atoms. The molecule has 0 bridgehead atoms. The predicted octanol–water partition coefficient (Wildman–Crippen LogP) is 2.09. The molecule has 1 aromatic heterocycles. The number of fused-ring (bicyclic) bond motifs is 1. The molecule has 0 atom stereocenters. The highest BCUT2D eigenvalue weighted by Gasteiger charge is 2.23. The van der Waals surface area contributed by atoms with Gasteiger partial charge in [-0.2, -0.15) is 0 Å². The normalized spacial score (nSPS) is 13.3. The first-order chi connectivity index (χ1) is 9.72. The molecule has 0 aliphatic carbocycles. The number of halogens is 1. The molecule has 4 nitrogen and oxygen atoms in total. The van der Waals surface area contributed by atoms with Crippen molar-refractivity contribution in [3.05, 3.63) is 59.4 Å². The van der Waals surface area contributed by atoms with Gasteiger partial charge in [-0.1, -0.05) is 12.1 Å². The first-order valence-corrected chi connectivity index (χ1v) is 6.52. The van der Waals surface area contributed by atoms with E-state index in [4.69, 9.17) is 0 Å². The third kappa shape index (κ3) is 2.66. The lowest BCUT2D eigenvalue weighted by molar-refractivity contribution is -0.131. The van der Waals surface area contributed by atoms with E-state index in [0.29, 0.717) is 25.9 Å². The van der Waals surface area contributed by atoms with Gasteiger partial charge in [-0.3, -0.25) is 4.79 Å². The molecule has 3 rings (SSSR count). The van der Waals surface area contributed by atoms with Gasteiger partial charge in [0.2, 0.25) is 5.91 Å². The third-order valence-electron chi connectivity index (χ3n) is 3.48. The Balaban J connectivity index is 1.57. The maximum atomic E-state index is 12.8. The number of rotatable bonds is 3. The number of nitrogens with zero attached hydrogens (tertiary/aromatic N) is 3. The summed E-state index contributed by atoms with van der Waals surface area (Å²) in [5, 5.41) is 0. The number of hydrogen-bond donors (Lipinski definition) is 0. The molecule has 2 aromatic rings. The number of aromatic nitrogens is 2. The first kappa shape index (κ1) is 12.7. The Morgan fingerprint density at radius 3 is 2.80 bits per heavy atom. The van der Waals surface area contributed by atoms with E-state index in [9.17, 15) is 9.18 Å². The Hall–Kier alpha value is -2.30. The van der Waals surface area contributed by atoms with Crippen LogP contribution >= 0.6 is 0 Å². The lowest BCUT2D eigenvalue weighted by Crippen LogP contribution is -2.25. The van der Waals surface area contributed by atoms with Crippen LogP contribution in [0.25, 0.3) is 0 Å². The summed E-state index contributed by atoms with van der Waals surface area (Å²) < 4.78 is 12.8. The molecule has 1 aliphatic heterocycles. The Morgan fingerprint density at radius 2 is 2.05 bits per heavy atom. The van der Waals surface area contributed by atoms with E-state index < -0.39 is 0 Å². The van der Waals surface area contributed by atoms with Crippen LogP contribution in [-0.2, 0) is 24.3 Å². The van der Waals surface area contributed by atoms with E-state index in [1.54, 1.807) is 23.2 Å². The summed E-state index contributed by atoms with van der Waals surface area (Å²) in [6.45, 7) is 1.14. The molecule has 0 spiro atoms. The van der Waals surface area contributed by atoms with Crippen molar-refractivity contribution in [2.24, 2.45) is 0 Å². The zero-order chi connectivity index (χ0) is 13.9. The molecule has 0 unspecified atom stereocenters. The van der Waals surface area contributed by atoms with Crippen LogP contribution in [0.2, 0.25) is 0 Å². The van der Waals surface area contributed by atoms with Crippen LogP contribution in [0.1, 0.15) is 23.2 Å². The van der Waals surface area contributed by atoms with E-state index in [1.165, 1.54) is 18.5 Å². The fraction of sp³-hybridized carbons (Fsp3) is 0.267. The summed E-state index contributed by atoms with van der Waals surface area (Å²) in [4.78, 5) is 22.1. The largest absolute Gasteiger partial charge is 0.332 e. The van der Waals surface area contributed by atoms with Gasteiger partial charge in [0.15, 0.2) is 0 Å². The van der Waals surface area contributed by atoms with Gasteiger partial charge in [0.1, 0.15) is 12.1 Å². The standard InChI is InChI=1S/C15H14FN3O/c16-13-4-1-11(2-5-13)3-6-15(20)19-8-12-7-17-10-18-14(12)9-19/h1-2,4-5,7,10H,3,6,8-9H2. The van der Waals surface area contributed by atoms with Gasteiger partial charge < -0.3 is 4.90 Å². The predicted molar refractivity (Wildman–Crippen MR) is 71.0 cm³/mol. The third-order valence-corrected chi connectivity index (χ3v) is 3.48. The second-order valence-electron chi connectivity index (χ2n) is 4.87. The topological polar surface area (TPSA) is 46.1 Å². The second-order valence-corrected chi connectivity index (χ2v) is 4.87. The van der Waals surface area contributed by atoms with E-state index in [-0.39, 0.29) is 11.7 Å². The van der Waals surface area contributed by atoms with Crippen molar-refractivity contribution in [1.82, 2.24) is 14.9 Å². The zero-order valence-corrected chi connectivity index (χ0v) is 10.9. The molecule has 0 N–H and O–H groups in total. The van der Waals surface area contributed by atoms with Crippen LogP contribution in [0.15, 0.2) is 36.8 Å².